The van der Waals surface area contributed by atoms with E-state index >= 15 is 0 Å². The zero-order valence-electron chi connectivity index (χ0n) is 14.8. The average Bonchev–Trinajstić information content (AvgIpc) is 2.62. The van der Waals surface area contributed by atoms with E-state index in [2.05, 4.69) is 10.6 Å². The fourth-order valence-electron chi connectivity index (χ4n) is 2.56. The van der Waals surface area contributed by atoms with Crippen LogP contribution in [0.1, 0.15) is 24.2 Å². The number of aliphatic hydroxyl groups excluding tert-OH is 1. The van der Waals surface area contributed by atoms with Crippen molar-refractivity contribution in [1.29, 1.82) is 0 Å². The van der Waals surface area contributed by atoms with Crippen LogP contribution in [0.5, 0.6) is 11.5 Å². The van der Waals surface area contributed by atoms with Crippen LogP contribution in [0.4, 0.5) is 5.69 Å². The number of amides is 1. The Labute approximate surface area is 164 Å². The quantitative estimate of drug-likeness (QED) is 0.367. The molecule has 0 heterocycles. The van der Waals surface area contributed by atoms with Gasteiger partial charge in [-0.1, -0.05) is 18.2 Å². The van der Waals surface area contributed by atoms with Gasteiger partial charge >= 0.3 is 0 Å². The molecule has 1 amide bonds. The predicted octanol–water partition coefficient (Wildman–Crippen LogP) is 2.80. The Morgan fingerprint density at radius 1 is 1.19 bits per heavy atom. The second-order valence-corrected chi connectivity index (χ2v) is 5.92. The Morgan fingerprint density at radius 2 is 1.88 bits per heavy atom. The number of carbonyl (C=O) groups is 1. The van der Waals surface area contributed by atoms with Crippen molar-refractivity contribution >= 4 is 29.1 Å². The fraction of sp³-hybridized carbons (Fsp3) is 0.316. The third-order valence-electron chi connectivity index (χ3n) is 3.98. The summed E-state index contributed by atoms with van der Waals surface area (Å²) in [5, 5.41) is 25.6. The Morgan fingerprint density at radius 3 is 2.50 bits per heavy atom. The molecule has 142 valence electrons. The van der Waals surface area contributed by atoms with Gasteiger partial charge in [0.2, 0.25) is 6.41 Å². The van der Waals surface area contributed by atoms with Gasteiger partial charge in [-0.25, -0.2) is 0 Å². The number of ether oxygens (including phenoxy) is 1. The van der Waals surface area contributed by atoms with Gasteiger partial charge in [0, 0.05) is 12.6 Å². The molecular formula is C19H25BrN2O4. The first-order valence-corrected chi connectivity index (χ1v) is 8.11. The number of benzene rings is 2. The standard InChI is InChI=1S/C19H24N2O4.BrH/c1-13(9-14-3-6-16(25-2)7-4-14)20-11-19(24)15-5-8-18(23)17(10-15)21-12-22;/h3-8,10,12-13,19-20,23-24H,9,11H2,1-2H3,(H,21,22);1H. The van der Waals surface area contributed by atoms with Crippen LogP contribution in [0.15, 0.2) is 42.5 Å². The zero-order valence-corrected chi connectivity index (χ0v) is 16.5. The first kappa shape index (κ1) is 22.0. The van der Waals surface area contributed by atoms with E-state index in [1.807, 2.05) is 31.2 Å². The van der Waals surface area contributed by atoms with E-state index < -0.39 is 6.10 Å². The predicted molar refractivity (Wildman–Crippen MR) is 107 cm³/mol. The Balaban J connectivity index is 0.00000338. The molecule has 2 unspecified atom stereocenters. The zero-order chi connectivity index (χ0) is 18.2. The molecule has 0 aromatic heterocycles. The Bertz CT molecular complexity index is 694. The topological polar surface area (TPSA) is 90.8 Å². The second-order valence-electron chi connectivity index (χ2n) is 5.92. The van der Waals surface area contributed by atoms with Crippen LogP contribution in [0.2, 0.25) is 0 Å². The molecule has 0 aliphatic carbocycles. The maximum atomic E-state index is 10.5. The molecule has 0 aliphatic rings. The van der Waals surface area contributed by atoms with Gasteiger partial charge in [-0.2, -0.15) is 0 Å². The molecule has 0 radical (unpaired) electrons. The summed E-state index contributed by atoms with van der Waals surface area (Å²) in [6.45, 7) is 2.41. The van der Waals surface area contributed by atoms with Crippen LogP contribution in [0.25, 0.3) is 0 Å². The molecule has 0 bridgehead atoms. The summed E-state index contributed by atoms with van der Waals surface area (Å²) in [6.07, 6.45) is 0.566. The minimum Gasteiger partial charge on any atom is -0.506 e. The molecule has 6 nitrogen and oxygen atoms in total. The van der Waals surface area contributed by atoms with Gasteiger partial charge in [0.25, 0.3) is 0 Å². The van der Waals surface area contributed by atoms with Crippen molar-refractivity contribution in [2.75, 3.05) is 19.0 Å². The average molecular weight is 425 g/mol. The smallest absolute Gasteiger partial charge is 0.211 e. The molecule has 0 fully saturated rings. The molecule has 0 aliphatic heterocycles. The highest BCUT2D eigenvalue weighted by Crippen LogP contribution is 2.26. The second kappa shape index (κ2) is 10.8. The fourth-order valence-corrected chi connectivity index (χ4v) is 2.56. The van der Waals surface area contributed by atoms with Crippen molar-refractivity contribution in [2.45, 2.75) is 25.5 Å². The third-order valence-corrected chi connectivity index (χ3v) is 3.98. The van der Waals surface area contributed by atoms with Crippen molar-refractivity contribution in [3.8, 4) is 11.5 Å². The number of anilines is 1. The molecule has 4 N–H and O–H groups in total. The minimum absolute atomic E-state index is 0. The highest BCUT2D eigenvalue weighted by molar-refractivity contribution is 8.93. The van der Waals surface area contributed by atoms with Crippen LogP contribution in [0.3, 0.4) is 0 Å². The highest BCUT2D eigenvalue weighted by atomic mass is 79.9. The lowest BCUT2D eigenvalue weighted by Gasteiger charge is -2.18. The van der Waals surface area contributed by atoms with E-state index in [9.17, 15) is 15.0 Å². The van der Waals surface area contributed by atoms with E-state index in [0.29, 0.717) is 18.5 Å². The van der Waals surface area contributed by atoms with Crippen LogP contribution >= 0.6 is 17.0 Å². The minimum atomic E-state index is -0.744. The maximum Gasteiger partial charge on any atom is 0.211 e. The molecule has 0 saturated carbocycles. The molecule has 7 heteroatoms. The number of methoxy groups -OCH3 is 1. The number of phenols is 1. The maximum absolute atomic E-state index is 10.5. The van der Waals surface area contributed by atoms with Crippen molar-refractivity contribution in [2.24, 2.45) is 0 Å². The number of nitrogens with one attached hydrogen (secondary N) is 2. The van der Waals surface area contributed by atoms with Crippen LogP contribution in [-0.4, -0.2) is 36.3 Å². The van der Waals surface area contributed by atoms with Crippen molar-refractivity contribution in [3.05, 3.63) is 53.6 Å². The lowest BCUT2D eigenvalue weighted by atomic mass is 10.1. The number of rotatable bonds is 9. The number of hydrogen-bond acceptors (Lipinski definition) is 5. The molecule has 0 saturated heterocycles. The van der Waals surface area contributed by atoms with Gasteiger partial charge in [-0.05, 0) is 48.7 Å². The van der Waals surface area contributed by atoms with Crippen molar-refractivity contribution < 1.29 is 19.7 Å². The Kier molecular flexibility index (Phi) is 9.12. The molecule has 2 rings (SSSR count). The lowest BCUT2D eigenvalue weighted by Crippen LogP contribution is -2.32. The summed E-state index contributed by atoms with van der Waals surface area (Å²) in [5.41, 5.74) is 2.07. The van der Waals surface area contributed by atoms with Gasteiger partial charge in [0.05, 0.1) is 18.9 Å². The monoisotopic (exact) mass is 424 g/mol. The highest BCUT2D eigenvalue weighted by Gasteiger charge is 2.12. The summed E-state index contributed by atoms with van der Waals surface area (Å²) >= 11 is 0. The first-order chi connectivity index (χ1) is 12.0. The number of halogens is 1. The van der Waals surface area contributed by atoms with E-state index in [1.165, 1.54) is 11.6 Å². The largest absolute Gasteiger partial charge is 0.506 e. The van der Waals surface area contributed by atoms with Gasteiger partial charge in [-0.15, -0.1) is 17.0 Å². The van der Waals surface area contributed by atoms with Crippen LogP contribution in [-0.2, 0) is 11.2 Å². The number of aromatic hydroxyl groups is 1. The molecular weight excluding hydrogens is 400 g/mol. The molecule has 26 heavy (non-hydrogen) atoms. The molecule has 2 atom stereocenters. The number of hydrogen-bond donors (Lipinski definition) is 4. The van der Waals surface area contributed by atoms with E-state index in [0.717, 1.165) is 12.2 Å². The SMILES string of the molecule is Br.COc1ccc(CC(C)NCC(O)c2ccc(O)c(NC=O)c2)cc1. The van der Waals surface area contributed by atoms with Crippen molar-refractivity contribution in [3.63, 3.8) is 0 Å². The Hall–Kier alpha value is -2.09. The van der Waals surface area contributed by atoms with Gasteiger partial charge in [0.1, 0.15) is 11.5 Å². The molecule has 0 spiro atoms. The van der Waals surface area contributed by atoms with Crippen LogP contribution < -0.4 is 15.4 Å². The van der Waals surface area contributed by atoms with E-state index in [-0.39, 0.29) is 34.5 Å². The molecule has 2 aromatic carbocycles. The number of phenolic OH excluding ortho intramolecular Hbond substituents is 1. The van der Waals surface area contributed by atoms with Crippen molar-refractivity contribution in [1.82, 2.24) is 5.32 Å². The third kappa shape index (κ3) is 6.33. The van der Waals surface area contributed by atoms with Gasteiger partial charge < -0.3 is 25.6 Å². The summed E-state index contributed by atoms with van der Waals surface area (Å²) in [7, 11) is 1.64. The van der Waals surface area contributed by atoms with Gasteiger partial charge in [0.15, 0.2) is 0 Å². The molecule has 2 aromatic rings. The van der Waals surface area contributed by atoms with Gasteiger partial charge in [-0.3, -0.25) is 4.79 Å². The lowest BCUT2D eigenvalue weighted by molar-refractivity contribution is -0.105. The normalized spacial score (nSPS) is 12.6. The summed E-state index contributed by atoms with van der Waals surface area (Å²) in [4.78, 5) is 10.5. The number of aliphatic hydroxyl groups is 1. The van der Waals surface area contributed by atoms with Crippen LogP contribution in [0, 0.1) is 0 Å². The number of carbonyl (C=O) groups excluding carboxylic acids is 1. The van der Waals surface area contributed by atoms with E-state index in [1.54, 1.807) is 19.2 Å². The first-order valence-electron chi connectivity index (χ1n) is 8.11. The summed E-state index contributed by atoms with van der Waals surface area (Å²) in [6, 6.07) is 12.7. The summed E-state index contributed by atoms with van der Waals surface area (Å²) in [5.74, 6) is 0.788. The van der Waals surface area contributed by atoms with E-state index in [4.69, 9.17) is 4.74 Å². The summed E-state index contributed by atoms with van der Waals surface area (Å²) < 4.78 is 5.14.